The summed E-state index contributed by atoms with van der Waals surface area (Å²) in [4.78, 5) is 14.3. The number of anilines is 1. The number of hydrogen-bond acceptors (Lipinski definition) is 3. The first-order valence-electron chi connectivity index (χ1n) is 7.49. The molecule has 0 atom stereocenters. The van der Waals surface area contributed by atoms with E-state index in [0.717, 1.165) is 24.4 Å². The van der Waals surface area contributed by atoms with Gasteiger partial charge in [-0.2, -0.15) is 0 Å². The van der Waals surface area contributed by atoms with Crippen LogP contribution in [-0.2, 0) is 17.8 Å². The molecule has 1 heterocycles. The Bertz CT molecular complexity index is 670. The Labute approximate surface area is 130 Å². The number of ether oxygens (including phenoxy) is 1. The third kappa shape index (κ3) is 3.06. The zero-order chi connectivity index (χ0) is 15.4. The molecule has 2 aromatic carbocycles. The van der Waals surface area contributed by atoms with E-state index in [1.807, 2.05) is 35.2 Å². The van der Waals surface area contributed by atoms with Crippen LogP contribution in [0.4, 0.5) is 5.69 Å². The van der Waals surface area contributed by atoms with Gasteiger partial charge in [0.2, 0.25) is 5.91 Å². The minimum absolute atomic E-state index is 0.111. The lowest BCUT2D eigenvalue weighted by atomic mass is 10.00. The van der Waals surface area contributed by atoms with E-state index in [4.69, 9.17) is 4.74 Å². The molecule has 4 heteroatoms. The molecule has 0 fully saturated rings. The van der Waals surface area contributed by atoms with Crippen LogP contribution in [-0.4, -0.2) is 31.0 Å². The van der Waals surface area contributed by atoms with Gasteiger partial charge in [-0.25, -0.2) is 0 Å². The van der Waals surface area contributed by atoms with E-state index in [1.165, 1.54) is 11.1 Å². The number of methoxy groups -OCH3 is 1. The number of nitrogens with zero attached hydrogens (tertiary/aromatic N) is 1. The van der Waals surface area contributed by atoms with E-state index in [1.54, 1.807) is 7.11 Å². The van der Waals surface area contributed by atoms with Gasteiger partial charge in [0.05, 0.1) is 19.3 Å². The fourth-order valence-electron chi connectivity index (χ4n) is 2.78. The summed E-state index contributed by atoms with van der Waals surface area (Å²) in [7, 11) is 1.63. The Kier molecular flexibility index (Phi) is 4.28. The van der Waals surface area contributed by atoms with Crippen LogP contribution in [0.3, 0.4) is 0 Å². The molecule has 114 valence electrons. The van der Waals surface area contributed by atoms with E-state index in [2.05, 4.69) is 23.5 Å². The Morgan fingerprint density at radius 3 is 2.68 bits per heavy atom. The molecule has 0 bridgehead atoms. The van der Waals surface area contributed by atoms with E-state index in [0.29, 0.717) is 6.54 Å². The number of hydrogen-bond donors (Lipinski definition) is 1. The fourth-order valence-corrected chi connectivity index (χ4v) is 2.78. The predicted octanol–water partition coefficient (Wildman–Crippen LogP) is 2.69. The van der Waals surface area contributed by atoms with Crippen molar-refractivity contribution in [3.8, 4) is 5.75 Å². The molecule has 4 nitrogen and oxygen atoms in total. The Morgan fingerprint density at radius 1 is 1.14 bits per heavy atom. The van der Waals surface area contributed by atoms with Crippen molar-refractivity contribution in [2.45, 2.75) is 13.0 Å². The van der Waals surface area contributed by atoms with Crippen LogP contribution in [0.5, 0.6) is 5.75 Å². The molecule has 0 spiro atoms. The van der Waals surface area contributed by atoms with Gasteiger partial charge in [-0.1, -0.05) is 36.4 Å². The average molecular weight is 296 g/mol. The highest BCUT2D eigenvalue weighted by Gasteiger charge is 2.20. The minimum Gasteiger partial charge on any atom is -0.495 e. The lowest BCUT2D eigenvalue weighted by Gasteiger charge is -2.29. The molecule has 1 amide bonds. The molecule has 0 unspecified atom stereocenters. The summed E-state index contributed by atoms with van der Waals surface area (Å²) in [6, 6.07) is 16.0. The molecule has 0 saturated carbocycles. The molecular weight excluding hydrogens is 276 g/mol. The highest BCUT2D eigenvalue weighted by atomic mass is 16.5. The number of benzene rings is 2. The molecule has 2 aromatic rings. The maximum atomic E-state index is 12.4. The largest absolute Gasteiger partial charge is 0.495 e. The number of carbonyl (C=O) groups excluding carboxylic acids is 1. The number of nitrogens with one attached hydrogen (secondary N) is 1. The van der Waals surface area contributed by atoms with Crippen LogP contribution in [0.2, 0.25) is 0 Å². The highest BCUT2D eigenvalue weighted by Crippen LogP contribution is 2.23. The first-order chi connectivity index (χ1) is 10.8. The second-order valence-electron chi connectivity index (χ2n) is 5.39. The summed E-state index contributed by atoms with van der Waals surface area (Å²) in [6.45, 7) is 1.76. The number of para-hydroxylation sites is 2. The lowest BCUT2D eigenvalue weighted by Crippen LogP contribution is -2.39. The summed E-state index contributed by atoms with van der Waals surface area (Å²) in [5, 5.41) is 3.17. The van der Waals surface area contributed by atoms with Gasteiger partial charge in [0.25, 0.3) is 0 Å². The molecule has 3 rings (SSSR count). The zero-order valence-electron chi connectivity index (χ0n) is 12.7. The number of amides is 1. The highest BCUT2D eigenvalue weighted by molar-refractivity contribution is 5.81. The topological polar surface area (TPSA) is 41.6 Å². The Balaban J connectivity index is 1.61. The maximum Gasteiger partial charge on any atom is 0.242 e. The summed E-state index contributed by atoms with van der Waals surface area (Å²) in [5.41, 5.74) is 3.44. The monoisotopic (exact) mass is 296 g/mol. The van der Waals surface area contributed by atoms with Gasteiger partial charge in [0, 0.05) is 13.1 Å². The van der Waals surface area contributed by atoms with Crippen LogP contribution in [0.15, 0.2) is 48.5 Å². The van der Waals surface area contributed by atoms with Crippen molar-refractivity contribution in [2.24, 2.45) is 0 Å². The van der Waals surface area contributed by atoms with Gasteiger partial charge in [-0.05, 0) is 29.7 Å². The van der Waals surface area contributed by atoms with Crippen molar-refractivity contribution in [3.63, 3.8) is 0 Å². The van der Waals surface area contributed by atoms with E-state index in [9.17, 15) is 4.79 Å². The predicted molar refractivity (Wildman–Crippen MR) is 87.0 cm³/mol. The standard InChI is InChI=1S/C18H20N2O2/c1-22-17-9-5-4-8-16(17)19-12-18(21)20-11-10-14-6-2-3-7-15(14)13-20/h2-9,19H,10-13H2,1H3. The summed E-state index contributed by atoms with van der Waals surface area (Å²) >= 11 is 0. The van der Waals surface area contributed by atoms with Crippen molar-refractivity contribution in [2.75, 3.05) is 25.5 Å². The van der Waals surface area contributed by atoms with Crippen LogP contribution in [0.25, 0.3) is 0 Å². The number of carbonyl (C=O) groups is 1. The average Bonchev–Trinajstić information content (AvgIpc) is 2.59. The quantitative estimate of drug-likeness (QED) is 0.943. The van der Waals surface area contributed by atoms with Crippen LogP contribution in [0, 0.1) is 0 Å². The number of fused-ring (bicyclic) bond motifs is 1. The Hall–Kier alpha value is -2.49. The van der Waals surface area contributed by atoms with E-state index < -0.39 is 0 Å². The molecule has 1 aliphatic heterocycles. The van der Waals surface area contributed by atoms with Gasteiger partial charge >= 0.3 is 0 Å². The molecule has 22 heavy (non-hydrogen) atoms. The van der Waals surface area contributed by atoms with Crippen LogP contribution >= 0.6 is 0 Å². The van der Waals surface area contributed by atoms with E-state index in [-0.39, 0.29) is 12.5 Å². The SMILES string of the molecule is COc1ccccc1NCC(=O)N1CCc2ccccc2C1. The van der Waals surface area contributed by atoms with Gasteiger partial charge in [-0.15, -0.1) is 0 Å². The number of rotatable bonds is 4. The normalized spacial score (nSPS) is 13.4. The van der Waals surface area contributed by atoms with Gasteiger partial charge in [0.15, 0.2) is 0 Å². The zero-order valence-corrected chi connectivity index (χ0v) is 12.7. The van der Waals surface area contributed by atoms with Gasteiger partial charge in [0.1, 0.15) is 5.75 Å². The molecular formula is C18H20N2O2. The van der Waals surface area contributed by atoms with E-state index >= 15 is 0 Å². The van der Waals surface area contributed by atoms with Crippen molar-refractivity contribution < 1.29 is 9.53 Å². The third-order valence-electron chi connectivity index (χ3n) is 4.02. The van der Waals surface area contributed by atoms with Crippen molar-refractivity contribution in [1.29, 1.82) is 0 Å². The second-order valence-corrected chi connectivity index (χ2v) is 5.39. The van der Waals surface area contributed by atoms with Crippen LogP contribution < -0.4 is 10.1 Å². The molecule has 1 aliphatic rings. The summed E-state index contributed by atoms with van der Waals surface area (Å²) in [6.07, 6.45) is 0.927. The summed E-state index contributed by atoms with van der Waals surface area (Å²) < 4.78 is 5.28. The first kappa shape index (κ1) is 14.4. The van der Waals surface area contributed by atoms with Gasteiger partial charge in [-0.3, -0.25) is 4.79 Å². The smallest absolute Gasteiger partial charge is 0.242 e. The first-order valence-corrected chi connectivity index (χ1v) is 7.49. The van der Waals surface area contributed by atoms with Crippen LogP contribution in [0.1, 0.15) is 11.1 Å². The molecule has 0 radical (unpaired) electrons. The lowest BCUT2D eigenvalue weighted by molar-refractivity contribution is -0.130. The summed E-state index contributed by atoms with van der Waals surface area (Å²) in [5.74, 6) is 0.861. The molecule has 1 N–H and O–H groups in total. The van der Waals surface area contributed by atoms with Crippen molar-refractivity contribution in [1.82, 2.24) is 4.90 Å². The van der Waals surface area contributed by atoms with Crippen molar-refractivity contribution in [3.05, 3.63) is 59.7 Å². The van der Waals surface area contributed by atoms with Crippen molar-refractivity contribution >= 4 is 11.6 Å². The molecule has 0 aromatic heterocycles. The maximum absolute atomic E-state index is 12.4. The third-order valence-corrected chi connectivity index (χ3v) is 4.02. The Morgan fingerprint density at radius 2 is 1.86 bits per heavy atom. The fraction of sp³-hybridized carbons (Fsp3) is 0.278. The molecule has 0 aliphatic carbocycles. The van der Waals surface area contributed by atoms with Gasteiger partial charge < -0.3 is 15.0 Å². The minimum atomic E-state index is 0.111. The molecule has 0 saturated heterocycles. The second kappa shape index (κ2) is 6.52.